The van der Waals surface area contributed by atoms with Crippen LogP contribution >= 0.6 is 11.6 Å². The predicted molar refractivity (Wildman–Crippen MR) is 226 cm³/mol. The number of hydrogen-bond donors (Lipinski definition) is 1. The molecule has 0 radical (unpaired) electrons. The van der Waals surface area contributed by atoms with Crippen molar-refractivity contribution in [2.75, 3.05) is 17.7 Å². The van der Waals surface area contributed by atoms with Gasteiger partial charge >= 0.3 is 0 Å². The lowest BCUT2D eigenvalue weighted by atomic mass is 10.0. The SMILES string of the molecule is COc1ccc(CN(c2nn(C)c3c(-n4c([C@H](Cc5cc(F)cc(F)c5)NC(=O)Cn5nc(C(F)F)c6c5C(F)(F)[C@@H]5C[C@H]65)nc5nc(C#N)ccc5c4=O)ccc(Cl)c23)S(C)(=O)=O)cc1. The van der Waals surface area contributed by atoms with Crippen molar-refractivity contribution < 1.29 is 44.3 Å². The average molecular weight is 951 g/mol. The lowest BCUT2D eigenvalue weighted by molar-refractivity contribution is -0.123. The molecule has 3 aromatic carbocycles. The number of carbonyl (C=O) groups is 1. The van der Waals surface area contributed by atoms with Gasteiger partial charge in [0.25, 0.3) is 17.9 Å². The van der Waals surface area contributed by atoms with Gasteiger partial charge in [0.05, 0.1) is 53.0 Å². The summed E-state index contributed by atoms with van der Waals surface area (Å²) in [5.74, 6) is -8.82. The number of pyridine rings is 1. The van der Waals surface area contributed by atoms with E-state index in [1.165, 1.54) is 43.1 Å². The number of aromatic nitrogens is 7. The molecule has 15 nitrogen and oxygen atoms in total. The fourth-order valence-electron chi connectivity index (χ4n) is 8.68. The van der Waals surface area contributed by atoms with Crippen molar-refractivity contribution in [2.45, 2.75) is 50.2 Å². The molecule has 0 bridgehead atoms. The molecule has 2 aliphatic rings. The number of nitriles is 1. The van der Waals surface area contributed by atoms with Gasteiger partial charge in [0.2, 0.25) is 15.9 Å². The van der Waals surface area contributed by atoms with Crippen LogP contribution in [0.1, 0.15) is 64.4 Å². The van der Waals surface area contributed by atoms with Crippen LogP contribution in [0.15, 0.2) is 71.5 Å². The third-order valence-electron chi connectivity index (χ3n) is 11.6. The number of fused-ring (bicyclic) bond motifs is 5. The monoisotopic (exact) mass is 950 g/mol. The maximum absolute atomic E-state index is 15.5. The van der Waals surface area contributed by atoms with Crippen molar-refractivity contribution >= 4 is 55.3 Å². The molecule has 9 rings (SSSR count). The number of rotatable bonds is 13. The Morgan fingerprint density at radius 2 is 1.76 bits per heavy atom. The van der Waals surface area contributed by atoms with Crippen molar-refractivity contribution in [1.82, 2.24) is 39.4 Å². The summed E-state index contributed by atoms with van der Waals surface area (Å²) in [6.45, 7) is -1.26. The van der Waals surface area contributed by atoms with Crippen LogP contribution in [0.25, 0.3) is 27.6 Å². The van der Waals surface area contributed by atoms with Crippen LogP contribution in [-0.2, 0) is 47.3 Å². The number of halogens is 7. The van der Waals surface area contributed by atoms with E-state index in [0.717, 1.165) is 27.3 Å². The van der Waals surface area contributed by atoms with E-state index in [2.05, 4.69) is 25.5 Å². The van der Waals surface area contributed by atoms with Crippen LogP contribution in [0.2, 0.25) is 5.02 Å². The second-order valence-corrected chi connectivity index (χ2v) is 18.2. The molecular formula is C43H33ClF6N10O5S. The molecule has 4 aromatic heterocycles. The van der Waals surface area contributed by atoms with Gasteiger partial charge in [0.15, 0.2) is 11.5 Å². The van der Waals surface area contributed by atoms with Crippen LogP contribution in [0.4, 0.5) is 32.2 Å². The molecule has 0 saturated heterocycles. The highest BCUT2D eigenvalue weighted by Gasteiger charge is 2.67. The number of ether oxygens (including phenoxy) is 1. The first-order chi connectivity index (χ1) is 31.3. The predicted octanol–water partition coefficient (Wildman–Crippen LogP) is 6.89. The zero-order valence-electron chi connectivity index (χ0n) is 34.6. The molecule has 66 heavy (non-hydrogen) atoms. The number of aryl methyl sites for hydroxylation is 1. The number of nitrogens with one attached hydrogen (secondary N) is 1. The quantitative estimate of drug-likeness (QED) is 0.120. The summed E-state index contributed by atoms with van der Waals surface area (Å²) >= 11 is 6.85. The molecule has 340 valence electrons. The fourth-order valence-corrected chi connectivity index (χ4v) is 9.74. The molecule has 2 aliphatic carbocycles. The average Bonchev–Trinajstić information content (AvgIpc) is 3.78. The summed E-state index contributed by atoms with van der Waals surface area (Å²) < 4.78 is 125. The van der Waals surface area contributed by atoms with Gasteiger partial charge in [-0.05, 0) is 72.0 Å². The van der Waals surface area contributed by atoms with E-state index >= 15 is 8.78 Å². The lowest BCUT2D eigenvalue weighted by Gasteiger charge is -2.24. The van der Waals surface area contributed by atoms with Gasteiger partial charge in [-0.1, -0.05) is 23.7 Å². The molecule has 1 N–H and O–H groups in total. The lowest BCUT2D eigenvalue weighted by Crippen LogP contribution is -2.38. The minimum absolute atomic E-state index is 0.00615. The van der Waals surface area contributed by atoms with Gasteiger partial charge in [-0.15, -0.1) is 0 Å². The van der Waals surface area contributed by atoms with Crippen LogP contribution in [-0.4, -0.2) is 61.8 Å². The summed E-state index contributed by atoms with van der Waals surface area (Å²) in [6.07, 6.45) is -2.83. The molecule has 1 amide bonds. The summed E-state index contributed by atoms with van der Waals surface area (Å²) in [5, 5.41) is 20.5. The Labute approximate surface area is 374 Å². The van der Waals surface area contributed by atoms with Gasteiger partial charge in [-0.3, -0.25) is 23.5 Å². The third-order valence-corrected chi connectivity index (χ3v) is 13.0. The van der Waals surface area contributed by atoms with E-state index in [4.69, 9.17) is 16.3 Å². The molecule has 7 aromatic rings. The maximum atomic E-state index is 15.5. The number of benzene rings is 3. The molecule has 0 unspecified atom stereocenters. The highest BCUT2D eigenvalue weighted by atomic mass is 35.5. The van der Waals surface area contributed by atoms with Crippen molar-refractivity contribution in [2.24, 2.45) is 13.0 Å². The van der Waals surface area contributed by atoms with Crippen LogP contribution in [0.5, 0.6) is 5.75 Å². The topological polar surface area (TPSA) is 183 Å². The minimum atomic E-state index is -4.12. The zero-order valence-corrected chi connectivity index (χ0v) is 36.2. The van der Waals surface area contributed by atoms with E-state index in [9.17, 15) is 40.8 Å². The molecule has 23 heteroatoms. The van der Waals surface area contributed by atoms with Gasteiger partial charge < -0.3 is 10.1 Å². The standard InChI is InChI=1S/C43H33ClF6N10O5S/c1-57-36-31(11-10-29(44)34(36)41(56-57)59(66(3,63)64)18-20-4-7-25(65-2)8-5-20)60-40(54-39-26(42(60)62)9-6-24(17-51)52-39)30(14-21-12-22(45)15-23(46)13-21)53-32(61)19-58-37-33(35(55-58)38(47)48)27-16-28(27)43(37,49)50/h4-13,15,27-28,30,38H,14,16,18-19H2,1-3H3,(H,53,61)/t27-,28+,30-/m0/s1. The minimum Gasteiger partial charge on any atom is -0.497 e. The summed E-state index contributed by atoms with van der Waals surface area (Å²) in [5.41, 5.74) is -2.91. The van der Waals surface area contributed by atoms with Crippen molar-refractivity contribution in [1.29, 1.82) is 5.26 Å². The van der Waals surface area contributed by atoms with Gasteiger partial charge in [-0.2, -0.15) is 24.2 Å². The number of carbonyl (C=O) groups excluding carboxylic acids is 1. The zero-order chi connectivity index (χ0) is 47.1. The van der Waals surface area contributed by atoms with Crippen LogP contribution < -0.4 is 19.9 Å². The summed E-state index contributed by atoms with van der Waals surface area (Å²) in [6, 6.07) is 14.6. The van der Waals surface area contributed by atoms with Crippen molar-refractivity contribution in [3.05, 3.63) is 133 Å². The van der Waals surface area contributed by atoms with Gasteiger partial charge in [0.1, 0.15) is 52.9 Å². The first kappa shape index (κ1) is 44.2. The smallest absolute Gasteiger partial charge is 0.293 e. The second kappa shape index (κ2) is 16.2. The Morgan fingerprint density at radius 3 is 2.41 bits per heavy atom. The molecule has 3 atom stereocenters. The van der Waals surface area contributed by atoms with Gasteiger partial charge in [0, 0.05) is 31.0 Å². The first-order valence-corrected chi connectivity index (χ1v) is 22.1. The number of amides is 1. The number of nitrogens with zero attached hydrogens (tertiary/aromatic N) is 9. The largest absolute Gasteiger partial charge is 0.497 e. The Bertz CT molecular complexity index is 3350. The molecule has 1 fully saturated rings. The third kappa shape index (κ3) is 7.64. The number of sulfonamides is 1. The normalized spacial score (nSPS) is 16.6. The highest BCUT2D eigenvalue weighted by Crippen LogP contribution is 2.68. The van der Waals surface area contributed by atoms with E-state index in [-0.39, 0.29) is 74.1 Å². The molecule has 0 aliphatic heterocycles. The van der Waals surface area contributed by atoms with E-state index < -0.39 is 87.7 Å². The number of alkyl halides is 4. The van der Waals surface area contributed by atoms with E-state index in [0.29, 0.717) is 22.1 Å². The van der Waals surface area contributed by atoms with Gasteiger partial charge in [-0.25, -0.2) is 40.3 Å². The molecule has 4 heterocycles. The Morgan fingerprint density at radius 1 is 1.05 bits per heavy atom. The molecular weight excluding hydrogens is 918 g/mol. The van der Waals surface area contributed by atoms with Crippen molar-refractivity contribution in [3.8, 4) is 17.5 Å². The summed E-state index contributed by atoms with van der Waals surface area (Å²) in [4.78, 5) is 37.9. The maximum Gasteiger partial charge on any atom is 0.293 e. The highest BCUT2D eigenvalue weighted by molar-refractivity contribution is 7.92. The second-order valence-electron chi connectivity index (χ2n) is 15.9. The molecule has 0 spiro atoms. The molecule has 1 saturated carbocycles. The van der Waals surface area contributed by atoms with Crippen LogP contribution in [0.3, 0.4) is 0 Å². The first-order valence-electron chi connectivity index (χ1n) is 19.9. The number of anilines is 1. The van der Waals surface area contributed by atoms with Crippen LogP contribution in [0, 0.1) is 28.9 Å². The van der Waals surface area contributed by atoms with E-state index in [1.54, 1.807) is 24.3 Å². The number of methoxy groups -OCH3 is 1. The van der Waals surface area contributed by atoms with Crippen molar-refractivity contribution in [3.63, 3.8) is 0 Å². The Hall–Kier alpha value is -6.99. The Balaban J connectivity index is 1.23. The fraction of sp³-hybridized carbons (Fsp3) is 0.279. The number of hydrogen-bond acceptors (Lipinski definition) is 10. The van der Waals surface area contributed by atoms with E-state index in [1.807, 2.05) is 6.07 Å². The Kier molecular flexibility index (Phi) is 10.8. The summed E-state index contributed by atoms with van der Waals surface area (Å²) in [7, 11) is -1.20.